The largest absolute Gasteiger partial charge is 0.454 e. The van der Waals surface area contributed by atoms with Gasteiger partial charge < -0.3 is 8.98 Å². The van der Waals surface area contributed by atoms with Crippen LogP contribution in [-0.2, 0) is 5.41 Å². The van der Waals surface area contributed by atoms with Gasteiger partial charge in [-0.15, -0.1) is 0 Å². The third kappa shape index (κ3) is 4.40. The lowest BCUT2D eigenvalue weighted by Gasteiger charge is -2.23. The maximum absolute atomic E-state index is 10.6. The van der Waals surface area contributed by atoms with Crippen LogP contribution in [0.5, 0.6) is 0 Å². The number of nitrogens with zero attached hydrogens (tertiary/aromatic N) is 4. The van der Waals surface area contributed by atoms with E-state index in [9.17, 15) is 5.26 Å². The van der Waals surface area contributed by atoms with Crippen molar-refractivity contribution in [3.05, 3.63) is 174 Å². The van der Waals surface area contributed by atoms with Gasteiger partial charge in [0.2, 0.25) is 0 Å². The highest BCUT2D eigenvalue weighted by Crippen LogP contribution is 2.53. The molecule has 0 atom stereocenters. The third-order valence-electron chi connectivity index (χ3n) is 11.5. The fraction of sp³-hybridized carbons (Fsp3) is 0.0600. The number of fused-ring (bicyclic) bond motifs is 10. The van der Waals surface area contributed by atoms with Crippen LogP contribution < -0.4 is 0 Å². The van der Waals surface area contributed by atoms with Crippen LogP contribution in [0.3, 0.4) is 0 Å². The lowest BCUT2D eigenvalue weighted by atomic mass is 9.81. The van der Waals surface area contributed by atoms with Crippen molar-refractivity contribution < 1.29 is 4.42 Å². The van der Waals surface area contributed by atoms with Gasteiger partial charge in [0.25, 0.3) is 0 Å². The summed E-state index contributed by atoms with van der Waals surface area (Å²) < 4.78 is 9.36. The van der Waals surface area contributed by atoms with E-state index in [1.807, 2.05) is 78.9 Å². The lowest BCUT2D eigenvalue weighted by molar-refractivity contribution is 0.660. The number of aromatic nitrogens is 3. The maximum atomic E-state index is 10.6. The molecule has 55 heavy (non-hydrogen) atoms. The summed E-state index contributed by atoms with van der Waals surface area (Å²) in [4.78, 5) is 10.4. The zero-order valence-corrected chi connectivity index (χ0v) is 30.2. The van der Waals surface area contributed by atoms with Crippen LogP contribution in [0.15, 0.2) is 162 Å². The number of benzene rings is 7. The molecule has 11 rings (SSSR count). The van der Waals surface area contributed by atoms with E-state index in [1.165, 1.54) is 38.5 Å². The Hall–Kier alpha value is -7.29. The molecule has 5 heteroatoms. The van der Waals surface area contributed by atoms with Crippen LogP contribution in [0, 0.1) is 11.3 Å². The van der Waals surface area contributed by atoms with Crippen molar-refractivity contribution in [1.29, 1.82) is 5.26 Å². The van der Waals surface area contributed by atoms with E-state index in [4.69, 9.17) is 14.4 Å². The molecule has 10 aromatic rings. The van der Waals surface area contributed by atoms with Gasteiger partial charge in [0.05, 0.1) is 28.1 Å². The van der Waals surface area contributed by atoms with Gasteiger partial charge >= 0.3 is 0 Å². The van der Waals surface area contributed by atoms with E-state index in [0.29, 0.717) is 22.8 Å². The summed E-state index contributed by atoms with van der Waals surface area (Å²) in [6.45, 7) is 4.69. The first kappa shape index (κ1) is 31.3. The summed E-state index contributed by atoms with van der Waals surface area (Å²) in [5.41, 5.74) is 13.9. The predicted molar refractivity (Wildman–Crippen MR) is 222 cm³/mol. The topological polar surface area (TPSA) is 67.6 Å². The van der Waals surface area contributed by atoms with Crippen molar-refractivity contribution in [1.82, 2.24) is 14.5 Å². The Morgan fingerprint density at radius 3 is 1.93 bits per heavy atom. The minimum Gasteiger partial charge on any atom is -0.454 e. The van der Waals surface area contributed by atoms with E-state index in [0.717, 1.165) is 49.8 Å². The first-order valence-corrected chi connectivity index (χ1v) is 18.6. The molecule has 7 aromatic carbocycles. The van der Waals surface area contributed by atoms with Gasteiger partial charge in [-0.3, -0.25) is 0 Å². The second kappa shape index (κ2) is 11.6. The average molecular weight is 705 g/mol. The molecule has 0 aliphatic heterocycles. The van der Waals surface area contributed by atoms with Crippen LogP contribution in [0.25, 0.3) is 94.5 Å². The standard InChI is InChI=1S/C50H32N4O/c1-50(2)39-22-12-9-19-32(39)34-25-26-35-33-20-10-13-23-40(33)54(47(35)44(34)50)41-28-27-37(43-36-21-11-14-24-42(36)55-48(41)43)49-52-45(30-15-5-3-6-16-30)38(29-51)46(53-49)31-17-7-4-8-18-31/h3-28H,1-2H3. The van der Waals surface area contributed by atoms with Crippen molar-refractivity contribution in [3.63, 3.8) is 0 Å². The Balaban J connectivity index is 1.26. The molecule has 1 aliphatic carbocycles. The second-order valence-corrected chi connectivity index (χ2v) is 14.8. The molecule has 3 aromatic heterocycles. The molecule has 0 amide bonds. The predicted octanol–water partition coefficient (Wildman–Crippen LogP) is 12.7. The van der Waals surface area contributed by atoms with E-state index >= 15 is 0 Å². The molecule has 0 radical (unpaired) electrons. The average Bonchev–Trinajstić information content (AvgIpc) is 3.87. The highest BCUT2D eigenvalue weighted by molar-refractivity contribution is 6.17. The van der Waals surface area contributed by atoms with Crippen molar-refractivity contribution in [2.75, 3.05) is 0 Å². The van der Waals surface area contributed by atoms with Gasteiger partial charge in [-0.1, -0.05) is 147 Å². The fourth-order valence-electron chi connectivity index (χ4n) is 9.04. The number of hydrogen-bond donors (Lipinski definition) is 0. The Kier molecular flexibility index (Phi) is 6.59. The molecule has 5 nitrogen and oxygen atoms in total. The molecule has 0 fully saturated rings. The van der Waals surface area contributed by atoms with Crippen LogP contribution in [0.1, 0.15) is 30.5 Å². The molecule has 0 saturated carbocycles. The van der Waals surface area contributed by atoms with E-state index < -0.39 is 0 Å². The molecule has 0 spiro atoms. The summed E-state index contributed by atoms with van der Waals surface area (Å²) in [5, 5.41) is 14.9. The number of rotatable bonds is 4. The van der Waals surface area contributed by atoms with Crippen molar-refractivity contribution >= 4 is 43.7 Å². The van der Waals surface area contributed by atoms with Gasteiger partial charge in [-0.05, 0) is 46.5 Å². The Labute approximate surface area is 317 Å². The zero-order valence-electron chi connectivity index (χ0n) is 30.2. The van der Waals surface area contributed by atoms with E-state index in [1.54, 1.807) is 0 Å². The van der Waals surface area contributed by atoms with Gasteiger partial charge in [-0.2, -0.15) is 5.26 Å². The molecular formula is C50H32N4O. The smallest absolute Gasteiger partial charge is 0.161 e. The summed E-state index contributed by atoms with van der Waals surface area (Å²) in [5.74, 6) is 0.527. The summed E-state index contributed by atoms with van der Waals surface area (Å²) in [6.07, 6.45) is 0. The summed E-state index contributed by atoms with van der Waals surface area (Å²) in [6, 6.07) is 56.8. The summed E-state index contributed by atoms with van der Waals surface area (Å²) in [7, 11) is 0. The van der Waals surface area contributed by atoms with Crippen molar-refractivity contribution in [2.45, 2.75) is 19.3 Å². The zero-order chi connectivity index (χ0) is 36.8. The quantitative estimate of drug-likeness (QED) is 0.183. The fourth-order valence-corrected chi connectivity index (χ4v) is 9.04. The number of furan rings is 1. The van der Waals surface area contributed by atoms with Crippen molar-refractivity contribution in [3.8, 4) is 56.8 Å². The van der Waals surface area contributed by atoms with Crippen LogP contribution in [-0.4, -0.2) is 14.5 Å². The molecule has 3 heterocycles. The Morgan fingerprint density at radius 1 is 0.582 bits per heavy atom. The third-order valence-corrected chi connectivity index (χ3v) is 11.5. The molecule has 0 N–H and O–H groups in total. The lowest BCUT2D eigenvalue weighted by Crippen LogP contribution is -2.16. The van der Waals surface area contributed by atoms with Crippen LogP contribution in [0.2, 0.25) is 0 Å². The van der Waals surface area contributed by atoms with Crippen LogP contribution in [0.4, 0.5) is 0 Å². The minimum atomic E-state index is -0.234. The summed E-state index contributed by atoms with van der Waals surface area (Å²) >= 11 is 0. The normalized spacial score (nSPS) is 13.0. The molecular weight excluding hydrogens is 673 g/mol. The van der Waals surface area contributed by atoms with E-state index in [-0.39, 0.29) is 5.41 Å². The first-order valence-electron chi connectivity index (χ1n) is 18.6. The number of nitriles is 1. The van der Waals surface area contributed by atoms with Gasteiger partial charge in [0, 0.05) is 43.7 Å². The SMILES string of the molecule is CC1(C)c2ccccc2-c2ccc3c4ccccc4n(-c4ccc(-c5nc(-c6ccccc6)c(C#N)c(-c6ccccc6)n5)c5c4oc4ccccc45)c3c21. The number of hydrogen-bond acceptors (Lipinski definition) is 4. The molecule has 258 valence electrons. The van der Waals surface area contributed by atoms with Crippen LogP contribution >= 0.6 is 0 Å². The molecule has 1 aliphatic rings. The van der Waals surface area contributed by atoms with Gasteiger partial charge in [0.15, 0.2) is 11.4 Å². The number of para-hydroxylation sites is 2. The molecule has 0 saturated heterocycles. The van der Waals surface area contributed by atoms with Crippen molar-refractivity contribution in [2.24, 2.45) is 0 Å². The second-order valence-electron chi connectivity index (χ2n) is 14.8. The van der Waals surface area contributed by atoms with Gasteiger partial charge in [-0.25, -0.2) is 9.97 Å². The minimum absolute atomic E-state index is 0.234. The Morgan fingerprint density at radius 2 is 1.20 bits per heavy atom. The first-order chi connectivity index (χ1) is 27.0. The highest BCUT2D eigenvalue weighted by Gasteiger charge is 2.38. The maximum Gasteiger partial charge on any atom is 0.161 e. The monoisotopic (exact) mass is 704 g/mol. The van der Waals surface area contributed by atoms with Gasteiger partial charge in [0.1, 0.15) is 17.2 Å². The highest BCUT2D eigenvalue weighted by atomic mass is 16.3. The molecule has 0 unspecified atom stereocenters. The van der Waals surface area contributed by atoms with E-state index in [2.05, 4.69) is 103 Å². The Bertz CT molecular complexity index is 3180. The molecule has 0 bridgehead atoms.